The molecule has 1 aliphatic rings. The number of rotatable bonds is 4. The van der Waals surface area contributed by atoms with Crippen LogP contribution in [0.1, 0.15) is 38.5 Å². The largest absolute Gasteiger partial charge is 0.481 e. The van der Waals surface area contributed by atoms with Gasteiger partial charge in [0.1, 0.15) is 6.54 Å². The lowest BCUT2D eigenvalue weighted by Gasteiger charge is -2.27. The number of carboxylic acid groups (broad SMARTS) is 1. The molecule has 1 saturated carbocycles. The molecule has 134 valence electrons. The van der Waals surface area contributed by atoms with Crippen LogP contribution in [-0.2, 0) is 16.1 Å². The predicted molar refractivity (Wildman–Crippen MR) is 90.2 cm³/mol. The number of pyridine rings is 1. The summed E-state index contributed by atoms with van der Waals surface area (Å²) >= 11 is 0. The van der Waals surface area contributed by atoms with Gasteiger partial charge in [0, 0.05) is 12.2 Å². The van der Waals surface area contributed by atoms with Gasteiger partial charge in [0.15, 0.2) is 5.65 Å². The average Bonchev–Trinajstić information content (AvgIpc) is 2.86. The third-order valence-electron chi connectivity index (χ3n) is 4.71. The van der Waals surface area contributed by atoms with Gasteiger partial charge in [-0.15, -0.1) is 5.10 Å². The first-order chi connectivity index (χ1) is 12.1. The maximum atomic E-state index is 12.4. The molecular formula is C17H22N4O4. The molecule has 2 heterocycles. The van der Waals surface area contributed by atoms with E-state index in [1.54, 1.807) is 24.4 Å². The van der Waals surface area contributed by atoms with Crippen LogP contribution < -0.4 is 11.0 Å². The number of amides is 1. The molecule has 2 aromatic heterocycles. The van der Waals surface area contributed by atoms with E-state index in [9.17, 15) is 19.5 Å². The second-order valence-corrected chi connectivity index (χ2v) is 6.48. The molecule has 8 heteroatoms. The molecule has 2 aromatic rings. The van der Waals surface area contributed by atoms with E-state index >= 15 is 0 Å². The summed E-state index contributed by atoms with van der Waals surface area (Å²) in [5, 5.41) is 16.4. The van der Waals surface area contributed by atoms with Crippen molar-refractivity contribution in [2.75, 3.05) is 0 Å². The van der Waals surface area contributed by atoms with E-state index < -0.39 is 23.6 Å². The molecule has 1 aliphatic carbocycles. The summed E-state index contributed by atoms with van der Waals surface area (Å²) in [4.78, 5) is 36.1. The number of hydrogen-bond acceptors (Lipinski definition) is 4. The third kappa shape index (κ3) is 3.89. The van der Waals surface area contributed by atoms with Crippen LogP contribution >= 0.6 is 0 Å². The van der Waals surface area contributed by atoms with Crippen LogP contribution in [0.25, 0.3) is 5.65 Å². The minimum atomic E-state index is -0.878. The fourth-order valence-corrected chi connectivity index (χ4v) is 3.41. The third-order valence-corrected chi connectivity index (χ3v) is 4.71. The van der Waals surface area contributed by atoms with Crippen molar-refractivity contribution in [3.8, 4) is 0 Å². The highest BCUT2D eigenvalue weighted by molar-refractivity contribution is 5.78. The number of fused-ring (bicyclic) bond motifs is 1. The average molecular weight is 346 g/mol. The lowest BCUT2D eigenvalue weighted by molar-refractivity contribution is -0.143. The zero-order chi connectivity index (χ0) is 17.8. The molecule has 0 spiro atoms. The predicted octanol–water partition coefficient (Wildman–Crippen LogP) is 1.04. The van der Waals surface area contributed by atoms with Crippen LogP contribution in [0, 0.1) is 5.92 Å². The van der Waals surface area contributed by atoms with Gasteiger partial charge in [-0.05, 0) is 25.0 Å². The van der Waals surface area contributed by atoms with Gasteiger partial charge < -0.3 is 10.4 Å². The van der Waals surface area contributed by atoms with Crippen LogP contribution in [0.4, 0.5) is 0 Å². The Morgan fingerprint density at radius 1 is 1.20 bits per heavy atom. The van der Waals surface area contributed by atoms with E-state index in [0.29, 0.717) is 18.5 Å². The monoisotopic (exact) mass is 346 g/mol. The second kappa shape index (κ2) is 7.50. The molecule has 0 aliphatic heterocycles. The first-order valence-electron chi connectivity index (χ1n) is 8.62. The van der Waals surface area contributed by atoms with Crippen molar-refractivity contribution in [3.05, 3.63) is 34.9 Å². The van der Waals surface area contributed by atoms with E-state index in [1.165, 1.54) is 4.40 Å². The molecule has 1 amide bonds. The van der Waals surface area contributed by atoms with Gasteiger partial charge in [-0.25, -0.2) is 9.48 Å². The normalized spacial score (nSPS) is 21.4. The maximum Gasteiger partial charge on any atom is 0.350 e. The summed E-state index contributed by atoms with van der Waals surface area (Å²) < 4.78 is 2.46. The Labute approximate surface area is 144 Å². The van der Waals surface area contributed by atoms with Crippen molar-refractivity contribution >= 4 is 17.5 Å². The molecule has 0 saturated heterocycles. The minimum Gasteiger partial charge on any atom is -0.481 e. The summed E-state index contributed by atoms with van der Waals surface area (Å²) in [6, 6.07) is 4.76. The summed E-state index contributed by atoms with van der Waals surface area (Å²) in [6.07, 6.45) is 6.62. The van der Waals surface area contributed by atoms with Crippen molar-refractivity contribution < 1.29 is 14.7 Å². The van der Waals surface area contributed by atoms with Gasteiger partial charge >= 0.3 is 11.7 Å². The van der Waals surface area contributed by atoms with Crippen LogP contribution in [0.2, 0.25) is 0 Å². The lowest BCUT2D eigenvalue weighted by atomic mass is 9.87. The first-order valence-corrected chi connectivity index (χ1v) is 8.62. The van der Waals surface area contributed by atoms with E-state index in [0.717, 1.165) is 30.4 Å². The van der Waals surface area contributed by atoms with Crippen molar-refractivity contribution in [2.45, 2.75) is 51.1 Å². The van der Waals surface area contributed by atoms with Crippen molar-refractivity contribution in [2.24, 2.45) is 5.92 Å². The number of aliphatic carboxylic acids is 1. The molecule has 1 fully saturated rings. The Morgan fingerprint density at radius 2 is 1.96 bits per heavy atom. The molecule has 0 radical (unpaired) electrons. The highest BCUT2D eigenvalue weighted by Crippen LogP contribution is 2.23. The van der Waals surface area contributed by atoms with Crippen LogP contribution in [0.3, 0.4) is 0 Å². The van der Waals surface area contributed by atoms with Crippen LogP contribution in [0.5, 0.6) is 0 Å². The number of nitrogens with zero attached hydrogens (tertiary/aromatic N) is 3. The Morgan fingerprint density at radius 3 is 2.68 bits per heavy atom. The lowest BCUT2D eigenvalue weighted by Crippen LogP contribution is -2.45. The van der Waals surface area contributed by atoms with Crippen molar-refractivity contribution in [3.63, 3.8) is 0 Å². The molecular weight excluding hydrogens is 324 g/mol. The topological polar surface area (TPSA) is 106 Å². The Balaban J connectivity index is 1.72. The fraction of sp³-hybridized carbons (Fsp3) is 0.529. The van der Waals surface area contributed by atoms with Gasteiger partial charge in [-0.2, -0.15) is 0 Å². The van der Waals surface area contributed by atoms with Gasteiger partial charge in [0.05, 0.1) is 5.92 Å². The zero-order valence-electron chi connectivity index (χ0n) is 13.9. The molecule has 2 unspecified atom stereocenters. The molecule has 2 atom stereocenters. The zero-order valence-corrected chi connectivity index (χ0v) is 13.9. The fourth-order valence-electron chi connectivity index (χ4n) is 3.41. The standard InChI is InChI=1S/C17H22N4O4/c22-15(11-21-17(25)20-10-6-5-9-14(20)19-21)18-13-8-4-2-1-3-7-12(13)16(23)24/h5-6,9-10,12-13H,1-4,7-8,11H2,(H,18,22)(H,23,24). The Hall–Kier alpha value is -2.64. The Kier molecular flexibility index (Phi) is 5.16. The molecule has 8 nitrogen and oxygen atoms in total. The molecule has 25 heavy (non-hydrogen) atoms. The van der Waals surface area contributed by atoms with Gasteiger partial charge in [-0.1, -0.05) is 31.7 Å². The van der Waals surface area contributed by atoms with E-state index in [4.69, 9.17) is 0 Å². The summed E-state index contributed by atoms with van der Waals surface area (Å²) in [7, 11) is 0. The smallest absolute Gasteiger partial charge is 0.350 e. The quantitative estimate of drug-likeness (QED) is 0.860. The molecule has 0 aromatic carbocycles. The number of nitrogens with one attached hydrogen (secondary N) is 1. The van der Waals surface area contributed by atoms with Gasteiger partial charge in [0.25, 0.3) is 0 Å². The molecule has 0 bridgehead atoms. The minimum absolute atomic E-state index is 0.219. The van der Waals surface area contributed by atoms with Gasteiger partial charge in [-0.3, -0.25) is 14.0 Å². The van der Waals surface area contributed by atoms with Crippen molar-refractivity contribution in [1.82, 2.24) is 19.5 Å². The number of hydrogen-bond donors (Lipinski definition) is 2. The molecule has 3 rings (SSSR count). The Bertz CT molecular complexity index is 825. The number of carbonyl (C=O) groups is 2. The SMILES string of the molecule is O=C(Cn1nc2ccccn2c1=O)NC1CCCCCCC1C(=O)O. The number of carbonyl (C=O) groups excluding carboxylic acids is 1. The highest BCUT2D eigenvalue weighted by Gasteiger charge is 2.30. The van der Waals surface area contributed by atoms with E-state index in [-0.39, 0.29) is 12.5 Å². The first kappa shape index (κ1) is 17.2. The van der Waals surface area contributed by atoms with Crippen LogP contribution in [-0.4, -0.2) is 37.2 Å². The second-order valence-electron chi connectivity index (χ2n) is 6.48. The highest BCUT2D eigenvalue weighted by atomic mass is 16.4. The number of aromatic nitrogens is 3. The molecule has 2 N–H and O–H groups in total. The van der Waals surface area contributed by atoms with Crippen molar-refractivity contribution in [1.29, 1.82) is 0 Å². The van der Waals surface area contributed by atoms with E-state index in [1.807, 2.05) is 0 Å². The summed E-state index contributed by atoms with van der Waals surface area (Å²) in [6.45, 7) is -0.219. The van der Waals surface area contributed by atoms with E-state index in [2.05, 4.69) is 10.4 Å². The number of carboxylic acids is 1. The van der Waals surface area contributed by atoms with Gasteiger partial charge in [0.2, 0.25) is 5.91 Å². The summed E-state index contributed by atoms with van der Waals surface area (Å²) in [5.41, 5.74) is 0.0767. The maximum absolute atomic E-state index is 12.4. The summed E-state index contributed by atoms with van der Waals surface area (Å²) in [5.74, 6) is -1.85. The van der Waals surface area contributed by atoms with Crippen LogP contribution in [0.15, 0.2) is 29.2 Å².